The highest BCUT2D eigenvalue weighted by atomic mass is 16.2. The van der Waals surface area contributed by atoms with Gasteiger partial charge in [0.2, 0.25) is 5.91 Å². The molecule has 2 aromatic rings. The van der Waals surface area contributed by atoms with E-state index in [4.69, 9.17) is 0 Å². The minimum Gasteiger partial charge on any atom is -0.338 e. The smallest absolute Gasteiger partial charge is 0.253 e. The second-order valence-electron chi connectivity index (χ2n) is 8.10. The molecular weight excluding hydrogens is 362 g/mol. The van der Waals surface area contributed by atoms with E-state index in [0.29, 0.717) is 26.2 Å². The van der Waals surface area contributed by atoms with Crippen LogP contribution in [-0.2, 0) is 11.3 Å². The van der Waals surface area contributed by atoms with Gasteiger partial charge in [-0.1, -0.05) is 48.0 Å². The summed E-state index contributed by atoms with van der Waals surface area (Å²) in [4.78, 5) is 32.0. The average Bonchev–Trinajstić information content (AvgIpc) is 3.22. The fourth-order valence-electron chi connectivity index (χ4n) is 4.33. The fourth-order valence-corrected chi connectivity index (χ4v) is 4.33. The molecule has 0 bridgehead atoms. The van der Waals surface area contributed by atoms with Gasteiger partial charge in [0.1, 0.15) is 0 Å². The first-order chi connectivity index (χ1) is 14.1. The van der Waals surface area contributed by atoms with Crippen molar-refractivity contribution >= 4 is 11.8 Å². The van der Waals surface area contributed by atoms with E-state index >= 15 is 0 Å². The van der Waals surface area contributed by atoms with Crippen LogP contribution in [0.3, 0.4) is 0 Å². The minimum atomic E-state index is -0.0328. The lowest BCUT2D eigenvalue weighted by Crippen LogP contribution is -2.54. The third-order valence-electron chi connectivity index (χ3n) is 6.05. The Kier molecular flexibility index (Phi) is 5.95. The Morgan fingerprint density at radius 3 is 2.21 bits per heavy atom. The van der Waals surface area contributed by atoms with Crippen LogP contribution in [0.4, 0.5) is 0 Å². The number of carbonyl (C=O) groups is 2. The van der Waals surface area contributed by atoms with E-state index in [0.717, 1.165) is 37.1 Å². The second-order valence-corrected chi connectivity index (χ2v) is 8.10. The maximum Gasteiger partial charge on any atom is 0.253 e. The number of carbonyl (C=O) groups excluding carboxylic acids is 2. The van der Waals surface area contributed by atoms with Crippen LogP contribution in [0, 0.1) is 6.92 Å². The predicted molar refractivity (Wildman–Crippen MR) is 114 cm³/mol. The lowest BCUT2D eigenvalue weighted by molar-refractivity contribution is -0.137. The highest BCUT2D eigenvalue weighted by Crippen LogP contribution is 2.23. The number of benzene rings is 2. The summed E-state index contributed by atoms with van der Waals surface area (Å²) in [5.41, 5.74) is 3.12. The summed E-state index contributed by atoms with van der Waals surface area (Å²) in [6, 6.07) is 18.0. The second kappa shape index (κ2) is 8.78. The molecular formula is C24H29N3O2. The zero-order chi connectivity index (χ0) is 20.2. The average molecular weight is 392 g/mol. The summed E-state index contributed by atoms with van der Waals surface area (Å²) >= 11 is 0. The molecule has 5 nitrogen and oxygen atoms in total. The van der Waals surface area contributed by atoms with E-state index in [-0.39, 0.29) is 17.9 Å². The number of piperazine rings is 1. The van der Waals surface area contributed by atoms with Crippen LogP contribution in [0.15, 0.2) is 54.6 Å². The summed E-state index contributed by atoms with van der Waals surface area (Å²) in [5.74, 6) is 0.282. The molecule has 2 aliphatic rings. The summed E-state index contributed by atoms with van der Waals surface area (Å²) in [5, 5.41) is 0. The maximum absolute atomic E-state index is 13.2. The van der Waals surface area contributed by atoms with Gasteiger partial charge in [-0.2, -0.15) is 0 Å². The molecule has 0 saturated carbocycles. The highest BCUT2D eigenvalue weighted by molar-refractivity contribution is 5.94. The number of nitrogens with zero attached hydrogens (tertiary/aromatic N) is 3. The van der Waals surface area contributed by atoms with Crippen molar-refractivity contribution in [1.82, 2.24) is 14.7 Å². The number of aryl methyl sites for hydroxylation is 1. The Morgan fingerprint density at radius 2 is 1.52 bits per heavy atom. The van der Waals surface area contributed by atoms with E-state index in [9.17, 15) is 9.59 Å². The molecule has 152 valence electrons. The molecule has 0 N–H and O–H groups in total. The van der Waals surface area contributed by atoms with Crippen molar-refractivity contribution in [3.05, 3.63) is 71.3 Å². The van der Waals surface area contributed by atoms with Crippen LogP contribution >= 0.6 is 0 Å². The van der Waals surface area contributed by atoms with Gasteiger partial charge in [0, 0.05) is 38.3 Å². The standard InChI is InChI=1S/C24H29N3O2/c1-19-9-11-21(12-10-19)23(28)25-14-16-26(17-15-25)24(29)22-8-5-13-27(22)18-20-6-3-2-4-7-20/h2-4,6-7,9-12,22H,5,8,13-18H2,1H3. The molecule has 4 rings (SSSR count). The molecule has 1 atom stereocenters. The molecule has 2 saturated heterocycles. The highest BCUT2D eigenvalue weighted by Gasteiger charge is 2.35. The first kappa shape index (κ1) is 19.6. The zero-order valence-corrected chi connectivity index (χ0v) is 17.1. The number of likely N-dealkylation sites (tertiary alicyclic amines) is 1. The molecule has 2 aliphatic heterocycles. The Balaban J connectivity index is 1.33. The maximum atomic E-state index is 13.2. The largest absolute Gasteiger partial charge is 0.338 e. The monoisotopic (exact) mass is 391 g/mol. The number of hydrogen-bond donors (Lipinski definition) is 0. The van der Waals surface area contributed by atoms with Crippen molar-refractivity contribution < 1.29 is 9.59 Å². The van der Waals surface area contributed by atoms with Crippen molar-refractivity contribution in [1.29, 1.82) is 0 Å². The van der Waals surface area contributed by atoms with Crippen LogP contribution < -0.4 is 0 Å². The molecule has 0 aromatic heterocycles. The van der Waals surface area contributed by atoms with E-state index in [2.05, 4.69) is 17.0 Å². The predicted octanol–water partition coefficient (Wildman–Crippen LogP) is 2.94. The zero-order valence-electron chi connectivity index (χ0n) is 17.1. The Labute approximate surface area is 172 Å². The van der Waals surface area contributed by atoms with E-state index in [1.165, 1.54) is 5.56 Å². The first-order valence-corrected chi connectivity index (χ1v) is 10.5. The molecule has 1 unspecified atom stereocenters. The molecule has 0 radical (unpaired) electrons. The van der Waals surface area contributed by atoms with Gasteiger partial charge in [-0.05, 0) is 44.0 Å². The van der Waals surface area contributed by atoms with Crippen LogP contribution in [0.5, 0.6) is 0 Å². The summed E-state index contributed by atoms with van der Waals surface area (Å²) in [7, 11) is 0. The summed E-state index contributed by atoms with van der Waals surface area (Å²) < 4.78 is 0. The van der Waals surface area contributed by atoms with Crippen molar-refractivity contribution in [2.45, 2.75) is 32.4 Å². The lowest BCUT2D eigenvalue weighted by atomic mass is 10.1. The number of hydrogen-bond acceptors (Lipinski definition) is 3. The molecule has 2 amide bonds. The van der Waals surface area contributed by atoms with E-state index < -0.39 is 0 Å². The molecule has 0 spiro atoms. The molecule has 29 heavy (non-hydrogen) atoms. The number of amides is 2. The Morgan fingerprint density at radius 1 is 0.862 bits per heavy atom. The quantitative estimate of drug-likeness (QED) is 0.805. The first-order valence-electron chi connectivity index (χ1n) is 10.5. The molecule has 2 fully saturated rings. The Hall–Kier alpha value is -2.66. The molecule has 2 aromatic carbocycles. The van der Waals surface area contributed by atoms with Gasteiger partial charge in [0.15, 0.2) is 0 Å². The van der Waals surface area contributed by atoms with Crippen LogP contribution in [-0.4, -0.2) is 65.3 Å². The molecule has 5 heteroatoms. The van der Waals surface area contributed by atoms with E-state index in [1.54, 1.807) is 0 Å². The third kappa shape index (κ3) is 4.51. The fraction of sp³-hybridized carbons (Fsp3) is 0.417. The van der Waals surface area contributed by atoms with Gasteiger partial charge in [-0.15, -0.1) is 0 Å². The van der Waals surface area contributed by atoms with Crippen LogP contribution in [0.2, 0.25) is 0 Å². The van der Waals surface area contributed by atoms with Crippen LogP contribution in [0.1, 0.15) is 34.3 Å². The van der Waals surface area contributed by atoms with Gasteiger partial charge in [-0.25, -0.2) is 0 Å². The number of rotatable bonds is 4. The van der Waals surface area contributed by atoms with Crippen molar-refractivity contribution in [2.24, 2.45) is 0 Å². The van der Waals surface area contributed by atoms with E-state index in [1.807, 2.05) is 59.2 Å². The SMILES string of the molecule is Cc1ccc(C(=O)N2CCN(C(=O)C3CCCN3Cc3ccccc3)CC2)cc1. The van der Waals surface area contributed by atoms with Crippen molar-refractivity contribution in [3.63, 3.8) is 0 Å². The van der Waals surface area contributed by atoms with Gasteiger partial charge in [0.25, 0.3) is 5.91 Å². The third-order valence-corrected chi connectivity index (χ3v) is 6.05. The van der Waals surface area contributed by atoms with Crippen molar-refractivity contribution in [2.75, 3.05) is 32.7 Å². The van der Waals surface area contributed by atoms with Crippen LogP contribution in [0.25, 0.3) is 0 Å². The van der Waals surface area contributed by atoms with Gasteiger partial charge in [0.05, 0.1) is 6.04 Å². The van der Waals surface area contributed by atoms with Gasteiger partial charge in [-0.3, -0.25) is 14.5 Å². The molecule has 2 heterocycles. The summed E-state index contributed by atoms with van der Waals surface area (Å²) in [6.45, 7) is 6.25. The molecule has 0 aliphatic carbocycles. The minimum absolute atomic E-state index is 0.0328. The van der Waals surface area contributed by atoms with Gasteiger partial charge < -0.3 is 9.80 Å². The topological polar surface area (TPSA) is 43.9 Å². The Bertz CT molecular complexity index is 842. The summed E-state index contributed by atoms with van der Waals surface area (Å²) in [6.07, 6.45) is 1.99. The van der Waals surface area contributed by atoms with Gasteiger partial charge >= 0.3 is 0 Å². The normalized spacial score (nSPS) is 20.1. The van der Waals surface area contributed by atoms with Crippen molar-refractivity contribution in [3.8, 4) is 0 Å². The lowest BCUT2D eigenvalue weighted by Gasteiger charge is -2.37.